The zero-order valence-electron chi connectivity index (χ0n) is 11.9. The number of hydrogen-bond acceptors (Lipinski definition) is 0. The second-order valence-electron chi connectivity index (χ2n) is 5.39. The summed E-state index contributed by atoms with van der Waals surface area (Å²) < 4.78 is 2.44. The van der Waals surface area contributed by atoms with Crippen LogP contribution in [0.3, 0.4) is 0 Å². The number of benzene rings is 1. The molecule has 0 N–H and O–H groups in total. The molecular weight excluding hydrogens is 218 g/mol. The Bertz CT molecular complexity index is 495. The summed E-state index contributed by atoms with van der Waals surface area (Å²) in [5, 5.41) is 1.41. The molecule has 18 heavy (non-hydrogen) atoms. The summed E-state index contributed by atoms with van der Waals surface area (Å²) in [6.45, 7) is 7.96. The van der Waals surface area contributed by atoms with Crippen molar-refractivity contribution in [1.29, 1.82) is 0 Å². The number of rotatable bonds is 6. The highest BCUT2D eigenvalue weighted by molar-refractivity contribution is 5.83. The maximum atomic E-state index is 2.44. The van der Waals surface area contributed by atoms with Crippen molar-refractivity contribution in [2.24, 2.45) is 5.92 Å². The zero-order valence-corrected chi connectivity index (χ0v) is 11.9. The van der Waals surface area contributed by atoms with Crippen LogP contribution in [0, 0.1) is 12.8 Å². The van der Waals surface area contributed by atoms with Crippen LogP contribution in [0.4, 0.5) is 0 Å². The van der Waals surface area contributed by atoms with E-state index in [0.717, 1.165) is 5.92 Å². The lowest BCUT2D eigenvalue weighted by atomic mass is 9.99. The van der Waals surface area contributed by atoms with Crippen LogP contribution in [0.5, 0.6) is 0 Å². The smallest absolute Gasteiger partial charge is 0.0483 e. The van der Waals surface area contributed by atoms with Crippen molar-refractivity contribution in [2.75, 3.05) is 0 Å². The molecule has 0 aliphatic carbocycles. The van der Waals surface area contributed by atoms with Crippen LogP contribution in [0.2, 0.25) is 0 Å². The Morgan fingerprint density at radius 2 is 2.00 bits per heavy atom. The normalized spacial score (nSPS) is 13.1. The lowest BCUT2D eigenvalue weighted by molar-refractivity contribution is 0.396. The number of unbranched alkanes of at least 4 members (excludes halogenated alkanes) is 1. The van der Waals surface area contributed by atoms with Gasteiger partial charge in [0.1, 0.15) is 0 Å². The third-order valence-corrected chi connectivity index (χ3v) is 4.03. The first kappa shape index (κ1) is 13.2. The maximum Gasteiger partial charge on any atom is 0.0483 e. The minimum atomic E-state index is 0.820. The SMILES string of the molecule is CCCCC(CC)Cn1ccc2c(C)cccc21. The van der Waals surface area contributed by atoms with E-state index in [9.17, 15) is 0 Å². The summed E-state index contributed by atoms with van der Waals surface area (Å²) in [6, 6.07) is 8.87. The van der Waals surface area contributed by atoms with E-state index < -0.39 is 0 Å². The fourth-order valence-electron chi connectivity index (χ4n) is 2.73. The van der Waals surface area contributed by atoms with Crippen molar-refractivity contribution in [1.82, 2.24) is 4.57 Å². The molecule has 1 unspecified atom stereocenters. The van der Waals surface area contributed by atoms with Crippen LogP contribution < -0.4 is 0 Å². The second kappa shape index (κ2) is 6.08. The average molecular weight is 243 g/mol. The molecule has 0 fully saturated rings. The highest BCUT2D eigenvalue weighted by Gasteiger charge is 2.09. The number of aromatic nitrogens is 1. The van der Waals surface area contributed by atoms with Gasteiger partial charge in [0.05, 0.1) is 0 Å². The van der Waals surface area contributed by atoms with Crippen LogP contribution in [0.1, 0.15) is 45.1 Å². The van der Waals surface area contributed by atoms with Gasteiger partial charge in [0.2, 0.25) is 0 Å². The van der Waals surface area contributed by atoms with Crippen molar-refractivity contribution < 1.29 is 0 Å². The Hall–Kier alpha value is -1.24. The third-order valence-electron chi connectivity index (χ3n) is 4.03. The molecule has 98 valence electrons. The third kappa shape index (κ3) is 2.77. The zero-order chi connectivity index (χ0) is 13.0. The molecule has 1 aromatic heterocycles. The van der Waals surface area contributed by atoms with Gasteiger partial charge >= 0.3 is 0 Å². The first-order valence-electron chi connectivity index (χ1n) is 7.30. The van der Waals surface area contributed by atoms with E-state index in [1.54, 1.807) is 0 Å². The van der Waals surface area contributed by atoms with Gasteiger partial charge in [0, 0.05) is 23.6 Å². The van der Waals surface area contributed by atoms with Crippen LogP contribution in [-0.4, -0.2) is 4.57 Å². The van der Waals surface area contributed by atoms with Gasteiger partial charge in [0.25, 0.3) is 0 Å². The van der Waals surface area contributed by atoms with Gasteiger partial charge in [-0.1, -0.05) is 45.2 Å². The summed E-state index contributed by atoms with van der Waals surface area (Å²) in [5.74, 6) is 0.820. The summed E-state index contributed by atoms with van der Waals surface area (Å²) in [4.78, 5) is 0. The molecule has 0 saturated heterocycles. The number of fused-ring (bicyclic) bond motifs is 1. The summed E-state index contributed by atoms with van der Waals surface area (Å²) in [5.41, 5.74) is 2.78. The predicted octanol–water partition coefficient (Wildman–Crippen LogP) is 5.17. The molecular formula is C17H25N. The van der Waals surface area contributed by atoms with Gasteiger partial charge < -0.3 is 4.57 Å². The summed E-state index contributed by atoms with van der Waals surface area (Å²) >= 11 is 0. The first-order chi connectivity index (χ1) is 8.76. The first-order valence-corrected chi connectivity index (χ1v) is 7.30. The van der Waals surface area contributed by atoms with Crippen LogP contribution in [-0.2, 0) is 6.54 Å². The monoisotopic (exact) mass is 243 g/mol. The fraction of sp³-hybridized carbons (Fsp3) is 0.529. The molecule has 0 aliphatic heterocycles. The van der Waals surface area contributed by atoms with E-state index in [0.29, 0.717) is 0 Å². The predicted molar refractivity (Wildman–Crippen MR) is 80.0 cm³/mol. The van der Waals surface area contributed by atoms with Crippen molar-refractivity contribution in [3.63, 3.8) is 0 Å². The lowest BCUT2D eigenvalue weighted by Gasteiger charge is -2.16. The quantitative estimate of drug-likeness (QED) is 0.660. The van der Waals surface area contributed by atoms with Crippen LogP contribution in [0.15, 0.2) is 30.5 Å². The van der Waals surface area contributed by atoms with E-state index in [1.165, 1.54) is 48.7 Å². The number of nitrogens with zero attached hydrogens (tertiary/aromatic N) is 1. The molecule has 1 heterocycles. The van der Waals surface area contributed by atoms with Crippen molar-refractivity contribution in [3.05, 3.63) is 36.0 Å². The highest BCUT2D eigenvalue weighted by Crippen LogP contribution is 2.22. The molecule has 0 saturated carbocycles. The second-order valence-corrected chi connectivity index (χ2v) is 5.39. The summed E-state index contributed by atoms with van der Waals surface area (Å²) in [6.07, 6.45) is 7.56. The molecule has 1 heteroatoms. The van der Waals surface area contributed by atoms with E-state index in [2.05, 4.69) is 55.8 Å². The van der Waals surface area contributed by atoms with E-state index in [4.69, 9.17) is 0 Å². The van der Waals surface area contributed by atoms with Crippen molar-refractivity contribution in [2.45, 2.75) is 53.0 Å². The number of aryl methyl sites for hydroxylation is 1. The molecule has 0 aliphatic rings. The van der Waals surface area contributed by atoms with Gasteiger partial charge in [-0.15, -0.1) is 0 Å². The Labute approximate surface area is 111 Å². The molecule has 2 aromatic rings. The van der Waals surface area contributed by atoms with Gasteiger partial charge in [-0.25, -0.2) is 0 Å². The van der Waals surface area contributed by atoms with Gasteiger partial charge in [-0.2, -0.15) is 0 Å². The van der Waals surface area contributed by atoms with E-state index in [-0.39, 0.29) is 0 Å². The largest absolute Gasteiger partial charge is 0.347 e. The molecule has 0 bridgehead atoms. The van der Waals surface area contributed by atoms with E-state index >= 15 is 0 Å². The molecule has 0 radical (unpaired) electrons. The number of hydrogen-bond donors (Lipinski definition) is 0. The molecule has 1 nitrogen and oxygen atoms in total. The van der Waals surface area contributed by atoms with Gasteiger partial charge in [0.15, 0.2) is 0 Å². The van der Waals surface area contributed by atoms with Gasteiger partial charge in [-0.3, -0.25) is 0 Å². The lowest BCUT2D eigenvalue weighted by Crippen LogP contribution is -2.09. The van der Waals surface area contributed by atoms with Crippen molar-refractivity contribution >= 4 is 10.9 Å². The Morgan fingerprint density at radius 3 is 2.72 bits per heavy atom. The maximum absolute atomic E-state index is 2.44. The standard InChI is InChI=1S/C17H25N/c1-4-6-9-15(5-2)13-18-12-11-16-14(3)8-7-10-17(16)18/h7-8,10-12,15H,4-6,9,13H2,1-3H3. The fourth-order valence-corrected chi connectivity index (χ4v) is 2.73. The summed E-state index contributed by atoms with van der Waals surface area (Å²) in [7, 11) is 0. The Balaban J connectivity index is 2.18. The van der Waals surface area contributed by atoms with E-state index in [1.807, 2.05) is 0 Å². The molecule has 2 rings (SSSR count). The Morgan fingerprint density at radius 1 is 1.17 bits per heavy atom. The highest BCUT2D eigenvalue weighted by atomic mass is 15.0. The Kier molecular flexibility index (Phi) is 4.46. The molecule has 0 spiro atoms. The topological polar surface area (TPSA) is 4.93 Å². The molecule has 0 amide bonds. The molecule has 1 atom stereocenters. The van der Waals surface area contributed by atoms with Crippen molar-refractivity contribution in [3.8, 4) is 0 Å². The van der Waals surface area contributed by atoms with Crippen LogP contribution >= 0.6 is 0 Å². The minimum Gasteiger partial charge on any atom is -0.347 e. The van der Waals surface area contributed by atoms with Gasteiger partial charge in [-0.05, 0) is 37.0 Å². The average Bonchev–Trinajstić information content (AvgIpc) is 2.79. The minimum absolute atomic E-state index is 0.820. The van der Waals surface area contributed by atoms with Crippen LogP contribution in [0.25, 0.3) is 10.9 Å². The molecule has 1 aromatic carbocycles.